The predicted molar refractivity (Wildman–Crippen MR) is 131 cm³/mol. The summed E-state index contributed by atoms with van der Waals surface area (Å²) in [5, 5.41) is 20.2. The third kappa shape index (κ3) is 6.87. The standard InChI is InChI=1S/C28H38FNO4/c1-19-11-12-21(15-26(19)29)14-23-9-7-13-30(23)17-24(31)18-34-20(2)25-10-6-5-8-22(25)16-28(3,4)27(32)33/h5-6,8,10-12,15,20,23-24,31H,7,9,13-14,16-18H2,1-4H3,(H,32,33)/t20-,23+,24-/m1/s1. The number of carboxylic acid groups (broad SMARTS) is 1. The summed E-state index contributed by atoms with van der Waals surface area (Å²) >= 11 is 0. The molecular formula is C28H38FNO4. The van der Waals surface area contributed by atoms with E-state index in [1.165, 1.54) is 0 Å². The first-order valence-corrected chi connectivity index (χ1v) is 12.2. The number of hydrogen-bond donors (Lipinski definition) is 2. The van der Waals surface area contributed by atoms with Gasteiger partial charge in [-0.3, -0.25) is 9.69 Å². The molecule has 1 heterocycles. The number of hydrogen-bond acceptors (Lipinski definition) is 4. The maximum Gasteiger partial charge on any atom is 0.309 e. The Balaban J connectivity index is 1.55. The van der Waals surface area contributed by atoms with Gasteiger partial charge in [0.1, 0.15) is 5.82 Å². The zero-order valence-corrected chi connectivity index (χ0v) is 20.8. The minimum absolute atomic E-state index is 0.170. The number of likely N-dealkylation sites (tertiary alicyclic amines) is 1. The molecule has 0 spiro atoms. The van der Waals surface area contributed by atoms with E-state index in [1.54, 1.807) is 26.8 Å². The smallest absolute Gasteiger partial charge is 0.309 e. The molecule has 1 fully saturated rings. The molecule has 34 heavy (non-hydrogen) atoms. The number of aliphatic hydroxyl groups is 1. The normalized spacial score (nSPS) is 18.7. The summed E-state index contributed by atoms with van der Waals surface area (Å²) in [4.78, 5) is 13.8. The summed E-state index contributed by atoms with van der Waals surface area (Å²) in [5.74, 6) is -1.00. The molecule has 186 valence electrons. The molecule has 0 aromatic heterocycles. The van der Waals surface area contributed by atoms with E-state index >= 15 is 0 Å². The Hall–Kier alpha value is -2.28. The highest BCUT2D eigenvalue weighted by molar-refractivity contribution is 5.74. The fourth-order valence-electron chi connectivity index (χ4n) is 4.71. The quantitative estimate of drug-likeness (QED) is 0.486. The second-order valence-electron chi connectivity index (χ2n) is 10.3. The van der Waals surface area contributed by atoms with Gasteiger partial charge in [0, 0.05) is 12.6 Å². The number of β-amino-alcohol motifs (C(OH)–C–C–N with tert-alkyl or cyclic N) is 1. The van der Waals surface area contributed by atoms with Crippen molar-refractivity contribution in [2.24, 2.45) is 5.41 Å². The molecule has 3 rings (SSSR count). The van der Waals surface area contributed by atoms with Gasteiger partial charge in [-0.1, -0.05) is 36.4 Å². The number of carboxylic acids is 1. The van der Waals surface area contributed by atoms with Gasteiger partial charge >= 0.3 is 5.97 Å². The molecule has 0 amide bonds. The van der Waals surface area contributed by atoms with Gasteiger partial charge < -0.3 is 14.9 Å². The zero-order chi connectivity index (χ0) is 24.9. The van der Waals surface area contributed by atoms with E-state index in [4.69, 9.17) is 4.74 Å². The fraction of sp³-hybridized carbons (Fsp3) is 0.536. The third-order valence-corrected chi connectivity index (χ3v) is 6.89. The van der Waals surface area contributed by atoms with E-state index in [1.807, 2.05) is 43.3 Å². The van der Waals surface area contributed by atoms with Gasteiger partial charge in [-0.15, -0.1) is 0 Å². The molecule has 0 aliphatic carbocycles. The van der Waals surface area contributed by atoms with Crippen LogP contribution in [0.25, 0.3) is 0 Å². The van der Waals surface area contributed by atoms with Crippen LogP contribution >= 0.6 is 0 Å². The highest BCUT2D eigenvalue weighted by Crippen LogP contribution is 2.29. The molecule has 3 atom stereocenters. The molecule has 6 heteroatoms. The van der Waals surface area contributed by atoms with E-state index in [0.29, 0.717) is 18.5 Å². The van der Waals surface area contributed by atoms with Crippen LogP contribution in [-0.2, 0) is 22.4 Å². The van der Waals surface area contributed by atoms with E-state index in [9.17, 15) is 19.4 Å². The Labute approximate surface area is 202 Å². The number of ether oxygens (including phenoxy) is 1. The number of aliphatic hydroxyl groups excluding tert-OH is 1. The Morgan fingerprint density at radius 1 is 1.26 bits per heavy atom. The van der Waals surface area contributed by atoms with Gasteiger partial charge in [0.05, 0.1) is 24.2 Å². The number of carbonyl (C=O) groups is 1. The van der Waals surface area contributed by atoms with Crippen LogP contribution in [0, 0.1) is 18.2 Å². The Bertz CT molecular complexity index is 977. The molecule has 0 radical (unpaired) electrons. The Morgan fingerprint density at radius 3 is 2.71 bits per heavy atom. The molecule has 1 aliphatic heterocycles. The average Bonchev–Trinajstić information content (AvgIpc) is 3.21. The van der Waals surface area contributed by atoms with Crippen molar-refractivity contribution in [3.05, 3.63) is 70.5 Å². The van der Waals surface area contributed by atoms with Gasteiger partial charge in [-0.2, -0.15) is 0 Å². The molecule has 0 unspecified atom stereocenters. The van der Waals surface area contributed by atoms with Crippen LogP contribution in [-0.4, -0.2) is 52.9 Å². The van der Waals surface area contributed by atoms with Crippen molar-refractivity contribution >= 4 is 5.97 Å². The molecule has 2 aromatic carbocycles. The molecule has 2 aromatic rings. The van der Waals surface area contributed by atoms with Gasteiger partial charge in [0.15, 0.2) is 0 Å². The lowest BCUT2D eigenvalue weighted by Crippen LogP contribution is -2.39. The summed E-state index contributed by atoms with van der Waals surface area (Å²) in [6, 6.07) is 13.4. The lowest BCUT2D eigenvalue weighted by molar-refractivity contribution is -0.146. The summed E-state index contributed by atoms with van der Waals surface area (Å²) < 4.78 is 20.0. The largest absolute Gasteiger partial charge is 0.481 e. The molecule has 0 bridgehead atoms. The summed E-state index contributed by atoms with van der Waals surface area (Å²) in [6.07, 6.45) is 2.38. The number of nitrogens with zero attached hydrogens (tertiary/aromatic N) is 1. The molecule has 0 saturated carbocycles. The van der Waals surface area contributed by atoms with Crippen LogP contribution in [0.5, 0.6) is 0 Å². The third-order valence-electron chi connectivity index (χ3n) is 6.89. The van der Waals surface area contributed by atoms with E-state index in [2.05, 4.69) is 4.90 Å². The fourth-order valence-corrected chi connectivity index (χ4v) is 4.71. The van der Waals surface area contributed by atoms with Crippen LogP contribution in [0.3, 0.4) is 0 Å². The zero-order valence-electron chi connectivity index (χ0n) is 20.8. The number of aliphatic carboxylic acids is 1. The SMILES string of the molecule is Cc1ccc(C[C@@H]2CCCN2C[C@@H](O)CO[C@H](C)c2ccccc2CC(C)(C)C(=O)O)cc1F. The van der Waals surface area contributed by atoms with Crippen molar-refractivity contribution in [2.75, 3.05) is 19.7 Å². The monoisotopic (exact) mass is 471 g/mol. The second kappa shape index (κ2) is 11.4. The van der Waals surface area contributed by atoms with Crippen LogP contribution in [0.1, 0.15) is 62.0 Å². The summed E-state index contributed by atoms with van der Waals surface area (Å²) in [6.45, 7) is 8.77. The highest BCUT2D eigenvalue weighted by Gasteiger charge is 2.30. The van der Waals surface area contributed by atoms with Gasteiger partial charge in [-0.05, 0) is 88.2 Å². The minimum atomic E-state index is -0.875. The van der Waals surface area contributed by atoms with Crippen molar-refractivity contribution in [2.45, 2.75) is 71.6 Å². The maximum absolute atomic E-state index is 13.9. The first kappa shape index (κ1) is 26.3. The predicted octanol–water partition coefficient (Wildman–Crippen LogP) is 4.93. The van der Waals surface area contributed by atoms with E-state index in [0.717, 1.165) is 42.5 Å². The maximum atomic E-state index is 13.9. The minimum Gasteiger partial charge on any atom is -0.481 e. The topological polar surface area (TPSA) is 70.0 Å². The second-order valence-corrected chi connectivity index (χ2v) is 10.3. The first-order chi connectivity index (χ1) is 16.1. The van der Waals surface area contributed by atoms with Crippen molar-refractivity contribution < 1.29 is 24.1 Å². The summed E-state index contributed by atoms with van der Waals surface area (Å²) in [5.41, 5.74) is 2.66. The van der Waals surface area contributed by atoms with Crippen molar-refractivity contribution in [1.82, 2.24) is 4.90 Å². The van der Waals surface area contributed by atoms with E-state index in [-0.39, 0.29) is 24.6 Å². The number of rotatable bonds is 11. The number of aryl methyl sites for hydroxylation is 1. The number of halogens is 1. The van der Waals surface area contributed by atoms with Gasteiger partial charge in [-0.25, -0.2) is 4.39 Å². The van der Waals surface area contributed by atoms with Crippen LogP contribution in [0.15, 0.2) is 42.5 Å². The van der Waals surface area contributed by atoms with Crippen molar-refractivity contribution in [3.8, 4) is 0 Å². The number of benzene rings is 2. The van der Waals surface area contributed by atoms with Crippen LogP contribution in [0.2, 0.25) is 0 Å². The Kier molecular flexibility index (Phi) is 8.85. The lowest BCUT2D eigenvalue weighted by Gasteiger charge is -2.28. The van der Waals surface area contributed by atoms with Crippen molar-refractivity contribution in [1.29, 1.82) is 0 Å². The average molecular weight is 472 g/mol. The highest BCUT2D eigenvalue weighted by atomic mass is 19.1. The van der Waals surface area contributed by atoms with Gasteiger partial charge in [0.2, 0.25) is 0 Å². The van der Waals surface area contributed by atoms with Crippen LogP contribution < -0.4 is 0 Å². The first-order valence-electron chi connectivity index (χ1n) is 12.2. The van der Waals surface area contributed by atoms with Gasteiger partial charge in [0.25, 0.3) is 0 Å². The molecule has 5 nitrogen and oxygen atoms in total. The van der Waals surface area contributed by atoms with Crippen molar-refractivity contribution in [3.63, 3.8) is 0 Å². The Morgan fingerprint density at radius 2 is 2.00 bits per heavy atom. The summed E-state index contributed by atoms with van der Waals surface area (Å²) in [7, 11) is 0. The molecule has 1 saturated heterocycles. The molecule has 1 aliphatic rings. The lowest BCUT2D eigenvalue weighted by atomic mass is 9.83. The molecule has 2 N–H and O–H groups in total. The van der Waals surface area contributed by atoms with E-state index < -0.39 is 17.5 Å². The van der Waals surface area contributed by atoms with Crippen LogP contribution in [0.4, 0.5) is 4.39 Å². The molecular weight excluding hydrogens is 433 g/mol.